The zero-order valence-electron chi connectivity index (χ0n) is 12.6. The largest absolute Gasteiger partial charge is 0.369 e. The van der Waals surface area contributed by atoms with Crippen LogP contribution in [-0.2, 0) is 0 Å². The SMILES string of the molecule is Cc1ccccc1N1CCN(CC2CCNCC2)CC1. The van der Waals surface area contributed by atoms with Crippen LogP contribution in [0.3, 0.4) is 0 Å². The second kappa shape index (κ2) is 6.59. The Morgan fingerprint density at radius 1 is 1.05 bits per heavy atom. The van der Waals surface area contributed by atoms with Crippen molar-refractivity contribution in [2.24, 2.45) is 5.92 Å². The third-order valence-corrected chi connectivity index (χ3v) is 4.80. The maximum atomic E-state index is 3.46. The van der Waals surface area contributed by atoms with Crippen molar-refractivity contribution >= 4 is 5.69 Å². The molecule has 2 saturated heterocycles. The highest BCUT2D eigenvalue weighted by Gasteiger charge is 2.21. The summed E-state index contributed by atoms with van der Waals surface area (Å²) in [5, 5.41) is 3.46. The van der Waals surface area contributed by atoms with Gasteiger partial charge in [0.25, 0.3) is 0 Å². The summed E-state index contributed by atoms with van der Waals surface area (Å²) < 4.78 is 0. The molecule has 0 atom stereocenters. The van der Waals surface area contributed by atoms with Crippen LogP contribution in [0.4, 0.5) is 5.69 Å². The van der Waals surface area contributed by atoms with Gasteiger partial charge in [0.05, 0.1) is 0 Å². The van der Waals surface area contributed by atoms with Gasteiger partial charge in [-0.05, 0) is 50.4 Å². The monoisotopic (exact) mass is 273 g/mol. The number of para-hydroxylation sites is 1. The molecule has 0 spiro atoms. The Balaban J connectivity index is 1.50. The van der Waals surface area contributed by atoms with Crippen molar-refractivity contribution in [1.82, 2.24) is 10.2 Å². The highest BCUT2D eigenvalue weighted by Crippen LogP contribution is 2.21. The molecule has 2 aliphatic heterocycles. The van der Waals surface area contributed by atoms with E-state index in [2.05, 4.69) is 46.3 Å². The average Bonchev–Trinajstić information content (AvgIpc) is 2.50. The number of benzene rings is 1. The van der Waals surface area contributed by atoms with Gasteiger partial charge in [-0.3, -0.25) is 4.90 Å². The minimum absolute atomic E-state index is 0.918. The van der Waals surface area contributed by atoms with Crippen molar-refractivity contribution < 1.29 is 0 Å². The van der Waals surface area contributed by atoms with Crippen LogP contribution in [0.15, 0.2) is 24.3 Å². The molecule has 3 heteroatoms. The Labute approximate surface area is 123 Å². The van der Waals surface area contributed by atoms with Crippen molar-refractivity contribution in [3.05, 3.63) is 29.8 Å². The minimum atomic E-state index is 0.918. The molecule has 20 heavy (non-hydrogen) atoms. The number of piperidine rings is 1. The van der Waals surface area contributed by atoms with Crippen molar-refractivity contribution in [1.29, 1.82) is 0 Å². The van der Waals surface area contributed by atoms with Gasteiger partial charge in [-0.15, -0.1) is 0 Å². The predicted octanol–water partition coefficient (Wildman–Crippen LogP) is 2.12. The highest BCUT2D eigenvalue weighted by atomic mass is 15.3. The van der Waals surface area contributed by atoms with Crippen molar-refractivity contribution in [2.45, 2.75) is 19.8 Å². The van der Waals surface area contributed by atoms with E-state index in [0.717, 1.165) is 5.92 Å². The van der Waals surface area contributed by atoms with Crippen LogP contribution in [0.2, 0.25) is 0 Å². The van der Waals surface area contributed by atoms with Gasteiger partial charge in [0.2, 0.25) is 0 Å². The summed E-state index contributed by atoms with van der Waals surface area (Å²) in [5.74, 6) is 0.918. The fraction of sp³-hybridized carbons (Fsp3) is 0.647. The third kappa shape index (κ3) is 3.33. The van der Waals surface area contributed by atoms with E-state index in [1.54, 1.807) is 0 Å². The van der Waals surface area contributed by atoms with E-state index in [1.807, 2.05) is 0 Å². The number of hydrogen-bond donors (Lipinski definition) is 1. The van der Waals surface area contributed by atoms with E-state index in [1.165, 1.54) is 69.9 Å². The first kappa shape index (κ1) is 13.9. The molecule has 1 N–H and O–H groups in total. The predicted molar refractivity (Wildman–Crippen MR) is 85.4 cm³/mol. The lowest BCUT2D eigenvalue weighted by Gasteiger charge is -2.38. The van der Waals surface area contributed by atoms with Crippen LogP contribution in [0.1, 0.15) is 18.4 Å². The Hall–Kier alpha value is -1.06. The van der Waals surface area contributed by atoms with Gasteiger partial charge in [0.1, 0.15) is 0 Å². The number of nitrogens with one attached hydrogen (secondary N) is 1. The van der Waals surface area contributed by atoms with E-state index >= 15 is 0 Å². The average molecular weight is 273 g/mol. The number of aryl methyl sites for hydroxylation is 1. The number of rotatable bonds is 3. The van der Waals surface area contributed by atoms with Crippen LogP contribution >= 0.6 is 0 Å². The van der Waals surface area contributed by atoms with Gasteiger partial charge in [-0.2, -0.15) is 0 Å². The number of hydrogen-bond acceptors (Lipinski definition) is 3. The lowest BCUT2D eigenvalue weighted by molar-refractivity contribution is 0.196. The van der Waals surface area contributed by atoms with Crippen LogP contribution in [0.25, 0.3) is 0 Å². The summed E-state index contributed by atoms with van der Waals surface area (Å²) in [6, 6.07) is 8.77. The molecule has 2 aliphatic rings. The van der Waals surface area contributed by atoms with Crippen LogP contribution < -0.4 is 10.2 Å². The van der Waals surface area contributed by atoms with Crippen LogP contribution in [0.5, 0.6) is 0 Å². The maximum Gasteiger partial charge on any atom is 0.0396 e. The molecule has 2 heterocycles. The fourth-order valence-electron chi connectivity index (χ4n) is 3.52. The third-order valence-electron chi connectivity index (χ3n) is 4.80. The van der Waals surface area contributed by atoms with Gasteiger partial charge in [-0.25, -0.2) is 0 Å². The molecular weight excluding hydrogens is 246 g/mol. The molecule has 3 rings (SSSR count). The molecular formula is C17H27N3. The summed E-state index contributed by atoms with van der Waals surface area (Å²) in [7, 11) is 0. The van der Waals surface area contributed by atoms with Gasteiger partial charge in [0.15, 0.2) is 0 Å². The van der Waals surface area contributed by atoms with Gasteiger partial charge >= 0.3 is 0 Å². The molecule has 2 fully saturated rings. The summed E-state index contributed by atoms with van der Waals surface area (Å²) >= 11 is 0. The molecule has 0 radical (unpaired) electrons. The van der Waals surface area contributed by atoms with E-state index < -0.39 is 0 Å². The van der Waals surface area contributed by atoms with Crippen molar-refractivity contribution in [2.75, 3.05) is 50.7 Å². The smallest absolute Gasteiger partial charge is 0.0396 e. The standard InChI is InChI=1S/C17H27N3/c1-15-4-2-3-5-17(15)20-12-10-19(11-13-20)14-16-6-8-18-9-7-16/h2-5,16,18H,6-14H2,1H3. The summed E-state index contributed by atoms with van der Waals surface area (Å²) in [6.45, 7) is 10.8. The number of anilines is 1. The summed E-state index contributed by atoms with van der Waals surface area (Å²) in [5.41, 5.74) is 2.83. The summed E-state index contributed by atoms with van der Waals surface area (Å²) in [4.78, 5) is 5.22. The van der Waals surface area contributed by atoms with Crippen LogP contribution in [-0.4, -0.2) is 50.7 Å². The first-order chi connectivity index (χ1) is 9.83. The molecule has 3 nitrogen and oxygen atoms in total. The minimum Gasteiger partial charge on any atom is -0.369 e. The Morgan fingerprint density at radius 2 is 1.75 bits per heavy atom. The van der Waals surface area contributed by atoms with Crippen molar-refractivity contribution in [3.8, 4) is 0 Å². The van der Waals surface area contributed by atoms with E-state index in [9.17, 15) is 0 Å². The second-order valence-electron chi connectivity index (χ2n) is 6.27. The maximum absolute atomic E-state index is 3.46. The lowest BCUT2D eigenvalue weighted by Crippen LogP contribution is -2.48. The van der Waals surface area contributed by atoms with Gasteiger partial charge in [-0.1, -0.05) is 18.2 Å². The zero-order chi connectivity index (χ0) is 13.8. The normalized spacial score (nSPS) is 22.1. The highest BCUT2D eigenvalue weighted by molar-refractivity contribution is 5.53. The van der Waals surface area contributed by atoms with Crippen LogP contribution in [0, 0.1) is 12.8 Å². The van der Waals surface area contributed by atoms with Crippen molar-refractivity contribution in [3.63, 3.8) is 0 Å². The molecule has 0 amide bonds. The molecule has 0 aliphatic carbocycles. The molecule has 110 valence electrons. The van der Waals surface area contributed by atoms with E-state index in [0.29, 0.717) is 0 Å². The Kier molecular flexibility index (Phi) is 4.58. The van der Waals surface area contributed by atoms with E-state index in [4.69, 9.17) is 0 Å². The Bertz CT molecular complexity index is 418. The molecule has 0 aromatic heterocycles. The molecule has 1 aromatic rings. The van der Waals surface area contributed by atoms with E-state index in [-0.39, 0.29) is 0 Å². The quantitative estimate of drug-likeness (QED) is 0.910. The second-order valence-corrected chi connectivity index (χ2v) is 6.27. The zero-order valence-corrected chi connectivity index (χ0v) is 12.6. The Morgan fingerprint density at radius 3 is 2.45 bits per heavy atom. The molecule has 0 saturated carbocycles. The topological polar surface area (TPSA) is 18.5 Å². The van der Waals surface area contributed by atoms with Gasteiger partial charge in [0, 0.05) is 38.4 Å². The molecule has 0 unspecified atom stereocenters. The number of nitrogens with zero attached hydrogens (tertiary/aromatic N) is 2. The molecule has 0 bridgehead atoms. The summed E-state index contributed by atoms with van der Waals surface area (Å²) in [6.07, 6.45) is 2.72. The van der Waals surface area contributed by atoms with Gasteiger partial charge < -0.3 is 10.2 Å². The lowest BCUT2D eigenvalue weighted by atomic mass is 9.97. The fourth-order valence-corrected chi connectivity index (χ4v) is 3.52. The molecule has 1 aromatic carbocycles. The first-order valence-corrected chi connectivity index (χ1v) is 8.06. The first-order valence-electron chi connectivity index (χ1n) is 8.06. The number of piperazine rings is 1.